The van der Waals surface area contributed by atoms with Crippen molar-refractivity contribution in [2.24, 2.45) is 5.92 Å². The molecule has 1 N–H and O–H groups in total. The zero-order chi connectivity index (χ0) is 20.3. The second kappa shape index (κ2) is 8.47. The number of halogens is 2. The molecule has 0 radical (unpaired) electrons. The van der Waals surface area contributed by atoms with Gasteiger partial charge in [0.25, 0.3) is 0 Å². The number of esters is 1. The third-order valence-electron chi connectivity index (χ3n) is 5.10. The second-order valence-electron chi connectivity index (χ2n) is 6.69. The summed E-state index contributed by atoms with van der Waals surface area (Å²) in [6.07, 6.45) is 3.56. The predicted molar refractivity (Wildman–Crippen MR) is 96.0 cm³/mol. The first kappa shape index (κ1) is 19.9. The Morgan fingerprint density at radius 3 is 2.79 bits per heavy atom. The third-order valence-corrected chi connectivity index (χ3v) is 5.10. The lowest BCUT2D eigenvalue weighted by Gasteiger charge is -2.27. The van der Waals surface area contributed by atoms with Crippen molar-refractivity contribution in [3.8, 4) is 0 Å². The molecule has 1 fully saturated rings. The van der Waals surface area contributed by atoms with Crippen molar-refractivity contribution < 1.29 is 23.1 Å². The van der Waals surface area contributed by atoms with Crippen LogP contribution in [-0.2, 0) is 20.9 Å². The van der Waals surface area contributed by atoms with Gasteiger partial charge in [-0.15, -0.1) is 0 Å². The minimum absolute atomic E-state index is 0.0427. The van der Waals surface area contributed by atoms with Crippen molar-refractivity contribution in [1.82, 2.24) is 20.0 Å². The van der Waals surface area contributed by atoms with Gasteiger partial charge in [0.05, 0.1) is 25.6 Å². The first-order valence-corrected chi connectivity index (χ1v) is 8.92. The summed E-state index contributed by atoms with van der Waals surface area (Å²) in [4.78, 5) is 26.5. The van der Waals surface area contributed by atoms with E-state index < -0.39 is 35.6 Å². The van der Waals surface area contributed by atoms with E-state index in [1.165, 1.54) is 19.2 Å². The zero-order valence-electron chi connectivity index (χ0n) is 15.6. The van der Waals surface area contributed by atoms with Gasteiger partial charge < -0.3 is 10.1 Å². The quantitative estimate of drug-likeness (QED) is 0.755. The summed E-state index contributed by atoms with van der Waals surface area (Å²) in [7, 11) is 2.86. The number of carbonyl (C=O) groups excluding carboxylic acids is 2. The van der Waals surface area contributed by atoms with E-state index >= 15 is 0 Å². The molecule has 0 bridgehead atoms. The molecule has 28 heavy (non-hydrogen) atoms. The highest BCUT2D eigenvalue weighted by molar-refractivity contribution is 5.83. The van der Waals surface area contributed by atoms with Gasteiger partial charge in [-0.1, -0.05) is 12.1 Å². The summed E-state index contributed by atoms with van der Waals surface area (Å²) in [5, 5.41) is 6.86. The van der Waals surface area contributed by atoms with Crippen LogP contribution in [0, 0.1) is 17.6 Å². The molecule has 0 aliphatic carbocycles. The van der Waals surface area contributed by atoms with Gasteiger partial charge in [-0.2, -0.15) is 5.10 Å². The number of rotatable bonds is 6. The van der Waals surface area contributed by atoms with Crippen LogP contribution in [0.25, 0.3) is 0 Å². The summed E-state index contributed by atoms with van der Waals surface area (Å²) in [5.74, 6) is -3.59. The van der Waals surface area contributed by atoms with Crippen LogP contribution in [0.2, 0.25) is 0 Å². The molecule has 0 saturated carbocycles. The number of likely N-dealkylation sites (N-methyl/N-ethyl adjacent to an activating group) is 1. The molecule has 1 amide bonds. The highest BCUT2D eigenvalue weighted by Crippen LogP contribution is 2.41. The molecular formula is C19H22F2N4O3. The third kappa shape index (κ3) is 3.89. The van der Waals surface area contributed by atoms with E-state index in [2.05, 4.69) is 10.4 Å². The highest BCUT2D eigenvalue weighted by atomic mass is 19.2. The summed E-state index contributed by atoms with van der Waals surface area (Å²) in [6.45, 7) is 0.794. The number of hydrogen-bond acceptors (Lipinski definition) is 5. The molecule has 1 aromatic carbocycles. The normalized spacial score (nSPS) is 22.2. The van der Waals surface area contributed by atoms with Gasteiger partial charge in [0.15, 0.2) is 11.6 Å². The van der Waals surface area contributed by atoms with E-state index in [4.69, 9.17) is 4.74 Å². The molecule has 3 atom stereocenters. The molecule has 0 spiro atoms. The maximum Gasteiger partial charge on any atom is 0.323 e. The van der Waals surface area contributed by atoms with E-state index in [9.17, 15) is 18.4 Å². The van der Waals surface area contributed by atoms with Crippen LogP contribution in [0.5, 0.6) is 0 Å². The van der Waals surface area contributed by atoms with Crippen LogP contribution in [0.3, 0.4) is 0 Å². The van der Waals surface area contributed by atoms with Gasteiger partial charge in [-0.3, -0.25) is 19.2 Å². The van der Waals surface area contributed by atoms with Crippen LogP contribution in [0.4, 0.5) is 8.78 Å². The average Bonchev–Trinajstić information content (AvgIpc) is 3.31. The Bertz CT molecular complexity index is 844. The molecule has 1 aliphatic rings. The minimum Gasteiger partial charge on any atom is -0.468 e. The van der Waals surface area contributed by atoms with Crippen LogP contribution in [0.1, 0.15) is 18.0 Å². The van der Waals surface area contributed by atoms with Gasteiger partial charge >= 0.3 is 5.97 Å². The Hall–Kier alpha value is -2.81. The zero-order valence-corrected chi connectivity index (χ0v) is 15.6. The largest absolute Gasteiger partial charge is 0.468 e. The minimum atomic E-state index is -1.01. The van der Waals surface area contributed by atoms with Crippen LogP contribution in [-0.4, -0.2) is 53.3 Å². The molecule has 150 valence electrons. The number of nitrogens with zero attached hydrogens (tertiary/aromatic N) is 3. The molecule has 9 heteroatoms. The molecule has 1 aromatic heterocycles. The number of carbonyl (C=O) groups is 2. The van der Waals surface area contributed by atoms with E-state index in [0.717, 1.165) is 6.07 Å². The number of nitrogens with one attached hydrogen (secondary N) is 1. The van der Waals surface area contributed by atoms with Crippen molar-refractivity contribution in [3.05, 3.63) is 53.9 Å². The lowest BCUT2D eigenvalue weighted by Crippen LogP contribution is -2.37. The van der Waals surface area contributed by atoms with Crippen molar-refractivity contribution >= 4 is 11.9 Å². The van der Waals surface area contributed by atoms with Crippen molar-refractivity contribution in [3.63, 3.8) is 0 Å². The Labute approximate surface area is 161 Å². The average molecular weight is 392 g/mol. The summed E-state index contributed by atoms with van der Waals surface area (Å²) in [6, 6.07) is 4.11. The molecule has 2 aromatic rings. The molecule has 3 rings (SSSR count). The summed E-state index contributed by atoms with van der Waals surface area (Å²) in [5.41, 5.74) is 0.0427. The Morgan fingerprint density at radius 1 is 1.32 bits per heavy atom. The molecule has 7 nitrogen and oxygen atoms in total. The Morgan fingerprint density at radius 2 is 2.11 bits per heavy atom. The van der Waals surface area contributed by atoms with E-state index in [-0.39, 0.29) is 17.9 Å². The van der Waals surface area contributed by atoms with Gasteiger partial charge in [-0.05, 0) is 25.6 Å². The topological polar surface area (TPSA) is 76.5 Å². The van der Waals surface area contributed by atoms with Gasteiger partial charge in [0.1, 0.15) is 6.04 Å². The van der Waals surface area contributed by atoms with Gasteiger partial charge in [0, 0.05) is 24.5 Å². The van der Waals surface area contributed by atoms with Crippen LogP contribution >= 0.6 is 0 Å². The SMILES string of the molecule is COC(=O)[C@@H]1C[C@H](C(=O)NCCn2cccn2)[C@H](c2cccc(F)c2F)N1C. The summed E-state index contributed by atoms with van der Waals surface area (Å²) < 4.78 is 34.7. The standard InChI is InChI=1S/C19H22F2N4O3/c1-24-15(19(27)28-2)11-13(17(24)12-5-3-6-14(20)16(12)21)18(26)22-8-10-25-9-4-7-23-25/h3-7,9,13,15,17H,8,10-11H2,1-2H3,(H,22,26)/t13-,15-,17-/m0/s1. The molecule has 1 saturated heterocycles. The Balaban J connectivity index is 1.81. The van der Waals surface area contributed by atoms with Crippen LogP contribution in [0.15, 0.2) is 36.7 Å². The Kier molecular flexibility index (Phi) is 6.03. The van der Waals surface area contributed by atoms with Crippen molar-refractivity contribution in [2.45, 2.75) is 25.0 Å². The van der Waals surface area contributed by atoms with Crippen LogP contribution < -0.4 is 5.32 Å². The maximum absolute atomic E-state index is 14.5. The predicted octanol–water partition coefficient (Wildman–Crippen LogP) is 1.51. The summed E-state index contributed by atoms with van der Waals surface area (Å²) >= 11 is 0. The fourth-order valence-electron chi connectivity index (χ4n) is 3.70. The first-order chi connectivity index (χ1) is 13.4. The highest BCUT2D eigenvalue weighted by Gasteiger charge is 2.47. The number of ether oxygens (including phenoxy) is 1. The van der Waals surface area contributed by atoms with Gasteiger partial charge in [-0.25, -0.2) is 8.78 Å². The van der Waals surface area contributed by atoms with Crippen molar-refractivity contribution in [2.75, 3.05) is 20.7 Å². The fraction of sp³-hybridized carbons (Fsp3) is 0.421. The molecule has 2 heterocycles. The second-order valence-corrected chi connectivity index (χ2v) is 6.69. The number of benzene rings is 1. The number of methoxy groups -OCH3 is 1. The molecular weight excluding hydrogens is 370 g/mol. The monoisotopic (exact) mass is 392 g/mol. The smallest absolute Gasteiger partial charge is 0.323 e. The lowest BCUT2D eigenvalue weighted by molar-refractivity contribution is -0.145. The number of amides is 1. The van der Waals surface area contributed by atoms with E-state index in [1.54, 1.807) is 35.1 Å². The van der Waals surface area contributed by atoms with E-state index in [0.29, 0.717) is 13.1 Å². The first-order valence-electron chi connectivity index (χ1n) is 8.92. The number of hydrogen-bond donors (Lipinski definition) is 1. The van der Waals surface area contributed by atoms with E-state index in [1.807, 2.05) is 0 Å². The van der Waals surface area contributed by atoms with Gasteiger partial charge in [0.2, 0.25) is 5.91 Å². The fourth-order valence-corrected chi connectivity index (χ4v) is 3.70. The number of likely N-dealkylation sites (tertiary alicyclic amines) is 1. The molecule has 1 aliphatic heterocycles. The lowest BCUT2D eigenvalue weighted by atomic mass is 9.92. The maximum atomic E-state index is 14.5. The molecule has 0 unspecified atom stereocenters. The van der Waals surface area contributed by atoms with Crippen molar-refractivity contribution in [1.29, 1.82) is 0 Å². The number of aromatic nitrogens is 2.